The predicted octanol–water partition coefficient (Wildman–Crippen LogP) is 1.92. The van der Waals surface area contributed by atoms with Gasteiger partial charge in [-0.25, -0.2) is 4.79 Å². The molecule has 7 nitrogen and oxygen atoms in total. The van der Waals surface area contributed by atoms with Gasteiger partial charge in [-0.2, -0.15) is 18.2 Å². The van der Waals surface area contributed by atoms with Crippen LogP contribution in [0.3, 0.4) is 0 Å². The van der Waals surface area contributed by atoms with Gasteiger partial charge >= 0.3 is 11.9 Å². The highest BCUT2D eigenvalue weighted by Gasteiger charge is 2.26. The number of alkyl halides is 3. The smallest absolute Gasteiger partial charge is 0.380 e. The summed E-state index contributed by atoms with van der Waals surface area (Å²) in [6.07, 6.45) is -5.68. The van der Waals surface area contributed by atoms with Crippen LogP contribution in [0.5, 0.6) is 0 Å². The molecular formula is C13H16ClF3N4O3. The molecular weight excluding hydrogens is 353 g/mol. The largest absolute Gasteiger partial charge is 0.389 e. The second-order valence-electron chi connectivity index (χ2n) is 5.03. The van der Waals surface area contributed by atoms with Crippen molar-refractivity contribution in [1.82, 2.24) is 19.1 Å². The van der Waals surface area contributed by atoms with E-state index in [1.807, 2.05) is 0 Å². The summed E-state index contributed by atoms with van der Waals surface area (Å²) in [6.45, 7) is 2.05. The average molecular weight is 369 g/mol. The summed E-state index contributed by atoms with van der Waals surface area (Å²) < 4.78 is 44.0. The van der Waals surface area contributed by atoms with Crippen molar-refractivity contribution in [1.29, 1.82) is 0 Å². The van der Waals surface area contributed by atoms with E-state index in [1.165, 1.54) is 0 Å². The van der Waals surface area contributed by atoms with Crippen molar-refractivity contribution in [3.8, 4) is 0 Å². The fraction of sp³-hybridized carbons (Fsp3) is 0.615. The van der Waals surface area contributed by atoms with Gasteiger partial charge in [0, 0.05) is 19.6 Å². The molecule has 134 valence electrons. The van der Waals surface area contributed by atoms with E-state index in [0.717, 1.165) is 9.13 Å². The van der Waals surface area contributed by atoms with Crippen molar-refractivity contribution < 1.29 is 17.9 Å². The molecule has 0 radical (unpaired) electrons. The number of aromatic amines is 1. The van der Waals surface area contributed by atoms with Crippen molar-refractivity contribution in [2.45, 2.75) is 39.0 Å². The number of fused-ring (bicyclic) bond motifs is 1. The van der Waals surface area contributed by atoms with E-state index < -0.39 is 23.8 Å². The lowest BCUT2D eigenvalue weighted by molar-refractivity contribution is -0.135. The minimum Gasteiger partial charge on any atom is -0.380 e. The number of H-pyrrole nitrogens is 1. The second kappa shape index (κ2) is 7.39. The monoisotopic (exact) mass is 368 g/mol. The molecule has 0 aliphatic rings. The topological polar surface area (TPSA) is 81.9 Å². The highest BCUT2D eigenvalue weighted by molar-refractivity contribution is 6.28. The van der Waals surface area contributed by atoms with Crippen molar-refractivity contribution in [2.75, 3.05) is 13.2 Å². The molecule has 0 saturated heterocycles. The lowest BCUT2D eigenvalue weighted by Crippen LogP contribution is -2.41. The summed E-state index contributed by atoms with van der Waals surface area (Å²) in [5.41, 5.74) is -1.45. The van der Waals surface area contributed by atoms with Gasteiger partial charge in [-0.15, -0.1) is 0 Å². The lowest BCUT2D eigenvalue weighted by atomic mass is 10.3. The molecule has 0 unspecified atom stereocenters. The van der Waals surface area contributed by atoms with Crippen molar-refractivity contribution in [2.24, 2.45) is 0 Å². The number of imidazole rings is 1. The average Bonchev–Trinajstić information content (AvgIpc) is 2.87. The predicted molar refractivity (Wildman–Crippen MR) is 81.4 cm³/mol. The zero-order chi connectivity index (χ0) is 17.9. The third-order valence-electron chi connectivity index (χ3n) is 3.34. The molecule has 0 aliphatic carbocycles. The number of nitrogens with one attached hydrogen (secondary N) is 1. The first-order chi connectivity index (χ1) is 11.2. The van der Waals surface area contributed by atoms with Gasteiger partial charge in [0.1, 0.15) is 0 Å². The standard InChI is InChI=1S/C13H16ClF3N4O3/c1-2-24-7-6-21-10(22)8-9(19-11(14)18-8)20(12(21)23)5-3-4-13(15,16)17/h2-7H2,1H3,(H,18,19). The summed E-state index contributed by atoms with van der Waals surface area (Å²) in [6, 6.07) is 0. The maximum atomic E-state index is 12.5. The van der Waals surface area contributed by atoms with Crippen LogP contribution in [0, 0.1) is 0 Å². The number of aromatic nitrogens is 4. The molecule has 0 atom stereocenters. The minimum atomic E-state index is -4.32. The summed E-state index contributed by atoms with van der Waals surface area (Å²) in [7, 11) is 0. The third-order valence-corrected chi connectivity index (χ3v) is 3.52. The third kappa shape index (κ3) is 4.18. The minimum absolute atomic E-state index is 0.0165. The fourth-order valence-electron chi connectivity index (χ4n) is 2.27. The molecule has 0 fully saturated rings. The zero-order valence-corrected chi connectivity index (χ0v) is 13.6. The summed E-state index contributed by atoms with van der Waals surface area (Å²) in [5, 5.41) is -0.117. The Morgan fingerprint density at radius 2 is 1.96 bits per heavy atom. The molecule has 0 amide bonds. The Balaban J connectivity index is 2.43. The fourth-order valence-corrected chi connectivity index (χ4v) is 2.45. The first-order valence-electron chi connectivity index (χ1n) is 7.28. The van der Waals surface area contributed by atoms with Gasteiger partial charge in [0.2, 0.25) is 5.28 Å². The number of rotatable bonds is 7. The van der Waals surface area contributed by atoms with Gasteiger partial charge in [0.15, 0.2) is 11.2 Å². The maximum absolute atomic E-state index is 12.5. The van der Waals surface area contributed by atoms with Crippen LogP contribution in [0.15, 0.2) is 9.59 Å². The highest BCUT2D eigenvalue weighted by Crippen LogP contribution is 2.21. The molecule has 24 heavy (non-hydrogen) atoms. The molecule has 2 heterocycles. The Morgan fingerprint density at radius 1 is 1.25 bits per heavy atom. The van der Waals surface area contributed by atoms with Gasteiger partial charge in [-0.1, -0.05) is 0 Å². The highest BCUT2D eigenvalue weighted by atomic mass is 35.5. The Morgan fingerprint density at radius 3 is 2.58 bits per heavy atom. The molecule has 1 N–H and O–H groups in total. The number of hydrogen-bond acceptors (Lipinski definition) is 4. The quantitative estimate of drug-likeness (QED) is 0.598. The normalized spacial score (nSPS) is 12.2. The van der Waals surface area contributed by atoms with Crippen LogP contribution in [0.1, 0.15) is 19.8 Å². The molecule has 0 aromatic carbocycles. The molecule has 2 aromatic rings. The first-order valence-corrected chi connectivity index (χ1v) is 7.65. The SMILES string of the molecule is CCOCCn1c(=O)c2[nH]c(Cl)nc2n(CCCC(F)(F)F)c1=O. The molecule has 0 saturated carbocycles. The van der Waals surface area contributed by atoms with E-state index in [0.29, 0.717) is 6.61 Å². The second-order valence-corrected chi connectivity index (χ2v) is 5.39. The number of aryl methyl sites for hydroxylation is 1. The van der Waals surface area contributed by atoms with Gasteiger partial charge in [-0.3, -0.25) is 13.9 Å². The lowest BCUT2D eigenvalue weighted by Gasteiger charge is -2.12. The Labute approximate surface area is 139 Å². The number of halogens is 4. The van der Waals surface area contributed by atoms with Crippen LogP contribution < -0.4 is 11.2 Å². The van der Waals surface area contributed by atoms with Gasteiger partial charge in [-0.05, 0) is 24.9 Å². The van der Waals surface area contributed by atoms with Gasteiger partial charge < -0.3 is 9.72 Å². The van der Waals surface area contributed by atoms with E-state index in [-0.39, 0.29) is 42.6 Å². The van der Waals surface area contributed by atoms with Crippen LogP contribution in [-0.4, -0.2) is 38.5 Å². The summed E-state index contributed by atoms with van der Waals surface area (Å²) in [4.78, 5) is 31.1. The number of ether oxygens (including phenoxy) is 1. The van der Waals surface area contributed by atoms with Crippen molar-refractivity contribution >= 4 is 22.8 Å². The van der Waals surface area contributed by atoms with E-state index in [2.05, 4.69) is 9.97 Å². The molecule has 11 heteroatoms. The molecule has 0 spiro atoms. The van der Waals surface area contributed by atoms with E-state index in [4.69, 9.17) is 16.3 Å². The summed E-state index contributed by atoms with van der Waals surface area (Å²) in [5.74, 6) is 0. The van der Waals surface area contributed by atoms with Crippen LogP contribution >= 0.6 is 11.6 Å². The van der Waals surface area contributed by atoms with Crippen LogP contribution in [-0.2, 0) is 17.8 Å². The molecule has 0 bridgehead atoms. The Kier molecular flexibility index (Phi) is 5.70. The van der Waals surface area contributed by atoms with Crippen LogP contribution in [0.25, 0.3) is 11.2 Å². The zero-order valence-electron chi connectivity index (χ0n) is 12.8. The maximum Gasteiger partial charge on any atom is 0.389 e. The summed E-state index contributed by atoms with van der Waals surface area (Å²) >= 11 is 5.73. The van der Waals surface area contributed by atoms with Gasteiger partial charge in [0.25, 0.3) is 5.56 Å². The van der Waals surface area contributed by atoms with Crippen LogP contribution in [0.2, 0.25) is 5.28 Å². The van der Waals surface area contributed by atoms with Crippen LogP contribution in [0.4, 0.5) is 13.2 Å². The number of hydrogen-bond donors (Lipinski definition) is 1. The Hall–Kier alpha value is -1.81. The first kappa shape index (κ1) is 18.5. The Bertz CT molecular complexity index is 825. The number of nitrogens with zero attached hydrogens (tertiary/aromatic N) is 3. The molecule has 2 rings (SSSR count). The van der Waals surface area contributed by atoms with E-state index >= 15 is 0 Å². The van der Waals surface area contributed by atoms with E-state index in [9.17, 15) is 22.8 Å². The molecule has 2 aromatic heterocycles. The van der Waals surface area contributed by atoms with E-state index in [1.54, 1.807) is 6.92 Å². The van der Waals surface area contributed by atoms with Gasteiger partial charge in [0.05, 0.1) is 13.2 Å². The van der Waals surface area contributed by atoms with Crippen molar-refractivity contribution in [3.63, 3.8) is 0 Å². The van der Waals surface area contributed by atoms with Crippen molar-refractivity contribution in [3.05, 3.63) is 26.1 Å². The molecule has 0 aliphatic heterocycles.